The summed E-state index contributed by atoms with van der Waals surface area (Å²) in [4.78, 5) is 14.4. The van der Waals surface area contributed by atoms with Gasteiger partial charge in [0.2, 0.25) is 0 Å². The number of pyridine rings is 1. The van der Waals surface area contributed by atoms with E-state index >= 15 is 0 Å². The monoisotopic (exact) mass is 172 g/mol. The zero-order chi connectivity index (χ0) is 8.27. The first-order chi connectivity index (χ1) is 5.25. The molecular formula is C6H5ClN2O2. The summed E-state index contributed by atoms with van der Waals surface area (Å²) >= 11 is 5.56. The minimum absolute atomic E-state index is 0.198. The Kier molecular flexibility index (Phi) is 2.40. The van der Waals surface area contributed by atoms with Crippen molar-refractivity contribution in [2.75, 3.05) is 0 Å². The van der Waals surface area contributed by atoms with Crippen molar-refractivity contribution in [2.24, 2.45) is 0 Å². The molecule has 0 fully saturated rings. The summed E-state index contributed by atoms with van der Waals surface area (Å²) in [6.07, 6.45) is 2.74. The quantitative estimate of drug-likeness (QED) is 0.488. The third kappa shape index (κ3) is 1.66. The van der Waals surface area contributed by atoms with Gasteiger partial charge < -0.3 is 0 Å². The number of amides is 1. The van der Waals surface area contributed by atoms with E-state index in [0.29, 0.717) is 0 Å². The second kappa shape index (κ2) is 3.32. The van der Waals surface area contributed by atoms with Crippen molar-refractivity contribution in [1.29, 1.82) is 0 Å². The lowest BCUT2D eigenvalue weighted by Crippen LogP contribution is -2.18. The van der Waals surface area contributed by atoms with Crippen LogP contribution in [-0.2, 0) is 0 Å². The molecule has 0 saturated heterocycles. The van der Waals surface area contributed by atoms with Gasteiger partial charge in [-0.1, -0.05) is 11.6 Å². The van der Waals surface area contributed by atoms with Crippen LogP contribution in [0.25, 0.3) is 0 Å². The number of halogens is 1. The smallest absolute Gasteiger partial charge is 0.276 e. The molecule has 0 spiro atoms. The van der Waals surface area contributed by atoms with Crippen LogP contribution < -0.4 is 5.48 Å². The maximum Gasteiger partial charge on any atom is 0.276 e. The van der Waals surface area contributed by atoms with Gasteiger partial charge in [-0.15, -0.1) is 0 Å². The highest BCUT2D eigenvalue weighted by molar-refractivity contribution is 6.33. The Hall–Kier alpha value is -1.13. The molecule has 58 valence electrons. The van der Waals surface area contributed by atoms with Crippen LogP contribution in [0.1, 0.15) is 10.4 Å². The first-order valence-corrected chi connectivity index (χ1v) is 3.17. The van der Waals surface area contributed by atoms with Gasteiger partial charge in [0, 0.05) is 12.4 Å². The fourth-order valence-corrected chi connectivity index (χ4v) is 0.825. The van der Waals surface area contributed by atoms with Crippen LogP contribution in [0.4, 0.5) is 0 Å². The number of nitrogens with zero attached hydrogens (tertiary/aromatic N) is 1. The van der Waals surface area contributed by atoms with Crippen LogP contribution in [0.5, 0.6) is 0 Å². The van der Waals surface area contributed by atoms with Gasteiger partial charge in [0.1, 0.15) is 0 Å². The van der Waals surface area contributed by atoms with Gasteiger partial charge in [0.15, 0.2) is 0 Å². The minimum Gasteiger partial charge on any atom is -0.288 e. The normalized spacial score (nSPS) is 9.27. The van der Waals surface area contributed by atoms with Gasteiger partial charge in [-0.05, 0) is 6.07 Å². The van der Waals surface area contributed by atoms with E-state index in [1.807, 2.05) is 0 Å². The summed E-state index contributed by atoms with van der Waals surface area (Å²) in [5.74, 6) is -0.641. The molecule has 4 nitrogen and oxygen atoms in total. The summed E-state index contributed by atoms with van der Waals surface area (Å²) in [6, 6.07) is 1.41. The summed E-state index contributed by atoms with van der Waals surface area (Å²) in [7, 11) is 0. The number of rotatable bonds is 1. The molecule has 1 heterocycles. The predicted molar refractivity (Wildman–Crippen MR) is 38.5 cm³/mol. The molecule has 0 aliphatic heterocycles. The molecule has 1 aromatic rings. The van der Waals surface area contributed by atoms with Crippen molar-refractivity contribution in [1.82, 2.24) is 10.5 Å². The average molecular weight is 173 g/mol. The Bertz CT molecular complexity index is 277. The molecule has 0 aromatic carbocycles. The first kappa shape index (κ1) is 7.97. The van der Waals surface area contributed by atoms with Crippen LogP contribution in [0.3, 0.4) is 0 Å². The number of hydrogen-bond donors (Lipinski definition) is 2. The summed E-state index contributed by atoms with van der Waals surface area (Å²) < 4.78 is 0. The lowest BCUT2D eigenvalue weighted by atomic mass is 10.2. The van der Waals surface area contributed by atoms with Crippen LogP contribution >= 0.6 is 11.6 Å². The van der Waals surface area contributed by atoms with Gasteiger partial charge >= 0.3 is 0 Å². The average Bonchev–Trinajstić information content (AvgIpc) is 2.04. The summed E-state index contributed by atoms with van der Waals surface area (Å²) in [5.41, 5.74) is 1.67. The Morgan fingerprint density at radius 3 is 3.00 bits per heavy atom. The molecular weight excluding hydrogens is 168 g/mol. The largest absolute Gasteiger partial charge is 0.288 e. The van der Waals surface area contributed by atoms with Crippen molar-refractivity contribution in [3.8, 4) is 0 Å². The third-order valence-corrected chi connectivity index (χ3v) is 1.42. The van der Waals surface area contributed by atoms with Crippen molar-refractivity contribution in [3.63, 3.8) is 0 Å². The summed E-state index contributed by atoms with van der Waals surface area (Å²) in [5, 5.41) is 8.44. The second-order valence-corrected chi connectivity index (χ2v) is 2.20. The predicted octanol–water partition coefficient (Wildman–Crippen LogP) is 0.854. The highest BCUT2D eigenvalue weighted by atomic mass is 35.5. The SMILES string of the molecule is O=C(NO)c1ccncc1Cl. The highest BCUT2D eigenvalue weighted by Gasteiger charge is 2.07. The molecule has 1 aromatic heterocycles. The lowest BCUT2D eigenvalue weighted by molar-refractivity contribution is 0.0706. The van der Waals surface area contributed by atoms with Crippen LogP contribution in [0.15, 0.2) is 18.5 Å². The van der Waals surface area contributed by atoms with E-state index in [9.17, 15) is 4.79 Å². The fraction of sp³-hybridized carbons (Fsp3) is 0. The number of carbonyl (C=O) groups excluding carboxylic acids is 1. The van der Waals surface area contributed by atoms with E-state index in [2.05, 4.69) is 4.98 Å². The maximum absolute atomic E-state index is 10.8. The third-order valence-electron chi connectivity index (χ3n) is 1.12. The Labute approximate surface area is 67.8 Å². The first-order valence-electron chi connectivity index (χ1n) is 2.79. The lowest BCUT2D eigenvalue weighted by Gasteiger charge is -1.98. The van der Waals surface area contributed by atoms with Crippen molar-refractivity contribution >= 4 is 17.5 Å². The van der Waals surface area contributed by atoms with Gasteiger partial charge in [0.05, 0.1) is 10.6 Å². The molecule has 0 aliphatic carbocycles. The maximum atomic E-state index is 10.8. The second-order valence-electron chi connectivity index (χ2n) is 1.80. The number of hydrogen-bond acceptors (Lipinski definition) is 3. The Morgan fingerprint density at radius 1 is 1.73 bits per heavy atom. The standard InChI is InChI=1S/C6H5ClN2O2/c7-5-3-8-2-1-4(5)6(10)9-11/h1-3,11H,(H,9,10). The molecule has 11 heavy (non-hydrogen) atoms. The van der Waals surface area contributed by atoms with E-state index in [1.165, 1.54) is 23.9 Å². The van der Waals surface area contributed by atoms with Gasteiger partial charge in [-0.3, -0.25) is 15.0 Å². The molecule has 0 unspecified atom stereocenters. The molecule has 5 heteroatoms. The van der Waals surface area contributed by atoms with Crippen LogP contribution in [0, 0.1) is 0 Å². The zero-order valence-corrected chi connectivity index (χ0v) is 6.17. The van der Waals surface area contributed by atoms with Crippen LogP contribution in [-0.4, -0.2) is 16.1 Å². The van der Waals surface area contributed by atoms with Gasteiger partial charge in [-0.25, -0.2) is 5.48 Å². The van der Waals surface area contributed by atoms with Gasteiger partial charge in [0.25, 0.3) is 5.91 Å². The van der Waals surface area contributed by atoms with E-state index in [0.717, 1.165) is 0 Å². The molecule has 1 rings (SSSR count). The molecule has 0 aliphatic rings. The Morgan fingerprint density at radius 2 is 2.45 bits per heavy atom. The number of hydroxylamine groups is 1. The van der Waals surface area contributed by atoms with E-state index in [1.54, 1.807) is 0 Å². The molecule has 2 N–H and O–H groups in total. The molecule has 0 atom stereocenters. The number of carbonyl (C=O) groups is 1. The van der Waals surface area contributed by atoms with Crippen molar-refractivity contribution in [3.05, 3.63) is 29.0 Å². The van der Waals surface area contributed by atoms with Crippen LogP contribution in [0.2, 0.25) is 5.02 Å². The summed E-state index contributed by atoms with van der Waals surface area (Å²) in [6.45, 7) is 0. The topological polar surface area (TPSA) is 62.2 Å². The Balaban J connectivity index is 3.03. The molecule has 1 amide bonds. The number of aromatic nitrogens is 1. The zero-order valence-electron chi connectivity index (χ0n) is 5.41. The highest BCUT2D eigenvalue weighted by Crippen LogP contribution is 2.12. The van der Waals surface area contributed by atoms with Gasteiger partial charge in [-0.2, -0.15) is 0 Å². The molecule has 0 radical (unpaired) electrons. The van der Waals surface area contributed by atoms with Crippen molar-refractivity contribution < 1.29 is 10.0 Å². The number of nitrogens with one attached hydrogen (secondary N) is 1. The minimum atomic E-state index is -0.641. The van der Waals surface area contributed by atoms with E-state index < -0.39 is 5.91 Å². The van der Waals surface area contributed by atoms with E-state index in [-0.39, 0.29) is 10.6 Å². The van der Waals surface area contributed by atoms with E-state index in [4.69, 9.17) is 16.8 Å². The fourth-order valence-electron chi connectivity index (χ4n) is 0.620. The molecule has 0 bridgehead atoms. The molecule has 0 saturated carbocycles. The van der Waals surface area contributed by atoms with Crippen molar-refractivity contribution in [2.45, 2.75) is 0 Å².